The summed E-state index contributed by atoms with van der Waals surface area (Å²) in [6.07, 6.45) is 0. The van der Waals surface area contributed by atoms with Crippen molar-refractivity contribution in [1.82, 2.24) is 5.32 Å². The number of benzene rings is 2. The molecule has 0 radical (unpaired) electrons. The van der Waals surface area contributed by atoms with Crippen LogP contribution in [0.25, 0.3) is 0 Å². The van der Waals surface area contributed by atoms with Crippen molar-refractivity contribution in [2.75, 3.05) is 11.9 Å². The van der Waals surface area contributed by atoms with E-state index in [9.17, 15) is 14.4 Å². The summed E-state index contributed by atoms with van der Waals surface area (Å²) in [5, 5.41) is 14.1. The first kappa shape index (κ1) is 21.0. The first-order chi connectivity index (χ1) is 13.3. The minimum absolute atomic E-state index is 0.118. The number of carbonyl (C=O) groups is 3. The van der Waals surface area contributed by atoms with Crippen LogP contribution in [0.5, 0.6) is 5.75 Å². The Hall–Kier alpha value is -3.35. The zero-order valence-corrected chi connectivity index (χ0v) is 16.1. The molecular formula is C21H24N2O5. The lowest BCUT2D eigenvalue weighted by atomic mass is 10.0. The van der Waals surface area contributed by atoms with E-state index < -0.39 is 18.6 Å². The number of hydrogen-bond donors (Lipinski definition) is 3. The molecule has 0 saturated heterocycles. The Morgan fingerprint density at radius 3 is 2.14 bits per heavy atom. The highest BCUT2D eigenvalue weighted by Gasteiger charge is 2.24. The number of aliphatic carboxylic acids is 1. The predicted octanol–water partition coefficient (Wildman–Crippen LogP) is 2.85. The van der Waals surface area contributed by atoms with Gasteiger partial charge in [-0.3, -0.25) is 9.59 Å². The van der Waals surface area contributed by atoms with Gasteiger partial charge in [0.2, 0.25) is 5.91 Å². The van der Waals surface area contributed by atoms with Gasteiger partial charge >= 0.3 is 5.97 Å². The van der Waals surface area contributed by atoms with Crippen LogP contribution in [0.2, 0.25) is 0 Å². The molecule has 2 rings (SSSR count). The molecule has 148 valence electrons. The summed E-state index contributed by atoms with van der Waals surface area (Å²) in [5.74, 6) is -1.46. The van der Waals surface area contributed by atoms with Gasteiger partial charge in [-0.25, -0.2) is 4.79 Å². The first-order valence-corrected chi connectivity index (χ1v) is 8.89. The molecule has 0 fully saturated rings. The summed E-state index contributed by atoms with van der Waals surface area (Å²) in [6, 6.07) is 12.7. The zero-order chi connectivity index (χ0) is 20.7. The third-order valence-corrected chi connectivity index (χ3v) is 4.03. The van der Waals surface area contributed by atoms with Crippen molar-refractivity contribution < 1.29 is 24.2 Å². The number of anilines is 1. The maximum Gasteiger partial charge on any atom is 0.341 e. The van der Waals surface area contributed by atoms with Crippen LogP contribution in [0.3, 0.4) is 0 Å². The topological polar surface area (TPSA) is 105 Å². The van der Waals surface area contributed by atoms with Gasteiger partial charge in [0, 0.05) is 11.3 Å². The second kappa shape index (κ2) is 9.55. The fourth-order valence-corrected chi connectivity index (χ4v) is 2.46. The summed E-state index contributed by atoms with van der Waals surface area (Å²) in [7, 11) is 0. The molecule has 7 heteroatoms. The Bertz CT molecular complexity index is 829. The number of nitrogens with one attached hydrogen (secondary N) is 2. The van der Waals surface area contributed by atoms with E-state index in [-0.39, 0.29) is 17.7 Å². The van der Waals surface area contributed by atoms with E-state index in [1.807, 2.05) is 32.9 Å². The summed E-state index contributed by atoms with van der Waals surface area (Å²) in [5.41, 5.74) is 2.05. The van der Waals surface area contributed by atoms with Crippen molar-refractivity contribution in [2.24, 2.45) is 5.92 Å². The molecule has 2 amide bonds. The van der Waals surface area contributed by atoms with E-state index in [0.717, 1.165) is 5.56 Å². The molecule has 0 heterocycles. The van der Waals surface area contributed by atoms with Gasteiger partial charge in [0.25, 0.3) is 5.91 Å². The summed E-state index contributed by atoms with van der Waals surface area (Å²) in [6.45, 7) is 5.20. The highest BCUT2D eigenvalue weighted by Crippen LogP contribution is 2.17. The molecule has 0 spiro atoms. The monoisotopic (exact) mass is 384 g/mol. The van der Waals surface area contributed by atoms with E-state index >= 15 is 0 Å². The summed E-state index contributed by atoms with van der Waals surface area (Å²) >= 11 is 0. The minimum Gasteiger partial charge on any atom is -0.482 e. The van der Waals surface area contributed by atoms with Gasteiger partial charge in [0.05, 0.1) is 0 Å². The molecule has 7 nitrogen and oxygen atoms in total. The average molecular weight is 384 g/mol. The van der Waals surface area contributed by atoms with Gasteiger partial charge in [0.15, 0.2) is 6.61 Å². The fraction of sp³-hybridized carbons (Fsp3) is 0.286. The van der Waals surface area contributed by atoms with Gasteiger partial charge in [0.1, 0.15) is 11.8 Å². The zero-order valence-electron chi connectivity index (χ0n) is 16.1. The number of carboxylic acids is 1. The van der Waals surface area contributed by atoms with Gasteiger partial charge in [-0.15, -0.1) is 0 Å². The summed E-state index contributed by atoms with van der Waals surface area (Å²) < 4.78 is 5.05. The third kappa shape index (κ3) is 6.12. The van der Waals surface area contributed by atoms with Crippen LogP contribution >= 0.6 is 0 Å². The average Bonchev–Trinajstić information content (AvgIpc) is 2.65. The standard InChI is InChI=1S/C21H24N2O5/c1-13(2)19(23-20(26)15-6-4-14(3)5-7-15)21(27)22-16-8-10-17(11-9-16)28-12-18(24)25/h4-11,13,19H,12H2,1-3H3,(H,22,27)(H,23,26)(H,24,25). The Labute approximate surface area is 163 Å². The highest BCUT2D eigenvalue weighted by molar-refractivity contribution is 6.01. The van der Waals surface area contributed by atoms with Crippen LogP contribution in [0.1, 0.15) is 29.8 Å². The highest BCUT2D eigenvalue weighted by atomic mass is 16.5. The van der Waals surface area contributed by atoms with E-state index in [1.165, 1.54) is 0 Å². The van der Waals surface area contributed by atoms with E-state index in [4.69, 9.17) is 9.84 Å². The molecule has 0 aliphatic carbocycles. The van der Waals surface area contributed by atoms with Crippen LogP contribution in [-0.4, -0.2) is 35.5 Å². The molecule has 2 aromatic carbocycles. The fourth-order valence-electron chi connectivity index (χ4n) is 2.46. The number of rotatable bonds is 8. The largest absolute Gasteiger partial charge is 0.482 e. The molecular weight excluding hydrogens is 360 g/mol. The van der Waals surface area contributed by atoms with Gasteiger partial charge in [-0.1, -0.05) is 31.5 Å². The lowest BCUT2D eigenvalue weighted by Crippen LogP contribution is -2.47. The Kier molecular flexibility index (Phi) is 7.14. The van der Waals surface area contributed by atoms with Crippen LogP contribution in [0.4, 0.5) is 5.69 Å². The van der Waals surface area contributed by atoms with Gasteiger partial charge in [-0.2, -0.15) is 0 Å². The molecule has 3 N–H and O–H groups in total. The van der Waals surface area contributed by atoms with Crippen molar-refractivity contribution in [2.45, 2.75) is 26.8 Å². The molecule has 0 aliphatic heterocycles. The number of carboxylic acid groups (broad SMARTS) is 1. The van der Waals surface area contributed by atoms with Crippen molar-refractivity contribution >= 4 is 23.5 Å². The second-order valence-corrected chi connectivity index (χ2v) is 6.76. The Balaban J connectivity index is 2.01. The van der Waals surface area contributed by atoms with Crippen molar-refractivity contribution in [1.29, 1.82) is 0 Å². The smallest absolute Gasteiger partial charge is 0.341 e. The third-order valence-electron chi connectivity index (χ3n) is 4.03. The quantitative estimate of drug-likeness (QED) is 0.649. The van der Waals surface area contributed by atoms with Gasteiger partial charge in [-0.05, 0) is 49.2 Å². The number of aryl methyl sites for hydroxylation is 1. The Morgan fingerprint density at radius 2 is 1.61 bits per heavy atom. The lowest BCUT2D eigenvalue weighted by molar-refractivity contribution is -0.139. The van der Waals surface area contributed by atoms with Crippen LogP contribution in [-0.2, 0) is 9.59 Å². The first-order valence-electron chi connectivity index (χ1n) is 8.89. The lowest BCUT2D eigenvalue weighted by Gasteiger charge is -2.22. The number of carbonyl (C=O) groups excluding carboxylic acids is 2. The molecule has 0 saturated carbocycles. The normalized spacial score (nSPS) is 11.6. The van der Waals surface area contributed by atoms with E-state index in [1.54, 1.807) is 36.4 Å². The molecule has 2 aromatic rings. The second-order valence-electron chi connectivity index (χ2n) is 6.76. The molecule has 1 unspecified atom stereocenters. The van der Waals surface area contributed by atoms with Crippen molar-refractivity contribution in [3.05, 3.63) is 59.7 Å². The van der Waals surface area contributed by atoms with Crippen LogP contribution < -0.4 is 15.4 Å². The SMILES string of the molecule is Cc1ccc(C(=O)NC(C(=O)Nc2ccc(OCC(=O)O)cc2)C(C)C)cc1. The van der Waals surface area contributed by atoms with Gasteiger partial charge < -0.3 is 20.5 Å². The number of ether oxygens (including phenoxy) is 1. The summed E-state index contributed by atoms with van der Waals surface area (Å²) in [4.78, 5) is 35.6. The maximum atomic E-state index is 12.6. The van der Waals surface area contributed by atoms with Crippen LogP contribution in [0.15, 0.2) is 48.5 Å². The minimum atomic E-state index is -1.07. The predicted molar refractivity (Wildman–Crippen MR) is 105 cm³/mol. The van der Waals surface area contributed by atoms with E-state index in [2.05, 4.69) is 10.6 Å². The van der Waals surface area contributed by atoms with Crippen molar-refractivity contribution in [3.8, 4) is 5.75 Å². The van der Waals surface area contributed by atoms with E-state index in [0.29, 0.717) is 17.0 Å². The number of hydrogen-bond acceptors (Lipinski definition) is 4. The Morgan fingerprint density at radius 1 is 1.00 bits per heavy atom. The molecule has 0 bridgehead atoms. The molecule has 0 aliphatic rings. The van der Waals surface area contributed by atoms with Crippen LogP contribution in [0, 0.1) is 12.8 Å². The molecule has 1 atom stereocenters. The molecule has 28 heavy (non-hydrogen) atoms. The van der Waals surface area contributed by atoms with Crippen molar-refractivity contribution in [3.63, 3.8) is 0 Å². The molecule has 0 aromatic heterocycles. The maximum absolute atomic E-state index is 12.6. The number of amides is 2.